The molecular formula is C21H24F2N4O4. The number of halogens is 2. The van der Waals surface area contributed by atoms with Crippen LogP contribution in [0.1, 0.15) is 40.0 Å². The topological polar surface area (TPSA) is 96.0 Å². The number of benzene rings is 1. The van der Waals surface area contributed by atoms with Crippen LogP contribution >= 0.6 is 0 Å². The summed E-state index contributed by atoms with van der Waals surface area (Å²) in [6.45, 7) is 6.20. The molecule has 1 aromatic heterocycles. The lowest BCUT2D eigenvalue weighted by atomic mass is 9.88. The highest BCUT2D eigenvalue weighted by Gasteiger charge is 2.46. The molecule has 2 aromatic rings. The minimum atomic E-state index is -1.01. The number of carbonyl (C=O) groups is 2. The second kappa shape index (κ2) is 7.51. The van der Waals surface area contributed by atoms with Crippen molar-refractivity contribution in [3.05, 3.63) is 30.0 Å². The molecule has 8 nitrogen and oxygen atoms in total. The Kier molecular flexibility index (Phi) is 5.10. The van der Waals surface area contributed by atoms with Crippen LogP contribution in [0.3, 0.4) is 0 Å². The fourth-order valence-electron chi connectivity index (χ4n) is 3.86. The lowest BCUT2D eigenvalue weighted by Crippen LogP contribution is -2.51. The quantitative estimate of drug-likeness (QED) is 0.749. The van der Waals surface area contributed by atoms with Crippen LogP contribution in [0.5, 0.6) is 0 Å². The average molecular weight is 434 g/mol. The number of piperidine rings is 1. The molecule has 10 heteroatoms. The van der Waals surface area contributed by atoms with Crippen molar-refractivity contribution >= 4 is 34.3 Å². The van der Waals surface area contributed by atoms with Crippen molar-refractivity contribution in [1.29, 1.82) is 0 Å². The van der Waals surface area contributed by atoms with Gasteiger partial charge in [-0.2, -0.15) is 0 Å². The smallest absolute Gasteiger partial charge is 0.410 e. The number of anilines is 1. The molecule has 2 amide bonds. The lowest BCUT2D eigenvalue weighted by Gasteiger charge is -2.38. The fourth-order valence-corrected chi connectivity index (χ4v) is 3.86. The Morgan fingerprint density at radius 2 is 2.03 bits per heavy atom. The van der Waals surface area contributed by atoms with Gasteiger partial charge in [0, 0.05) is 30.6 Å². The van der Waals surface area contributed by atoms with Crippen molar-refractivity contribution in [3.8, 4) is 0 Å². The number of amides is 2. The van der Waals surface area contributed by atoms with Crippen molar-refractivity contribution in [2.75, 3.05) is 18.4 Å². The van der Waals surface area contributed by atoms with Crippen molar-refractivity contribution < 1.29 is 27.9 Å². The number of nitrogens with zero attached hydrogens (tertiary/aromatic N) is 2. The van der Waals surface area contributed by atoms with Gasteiger partial charge in [0.1, 0.15) is 11.3 Å². The van der Waals surface area contributed by atoms with Gasteiger partial charge in [0.2, 0.25) is 0 Å². The first-order valence-electron chi connectivity index (χ1n) is 10.1. The van der Waals surface area contributed by atoms with Gasteiger partial charge in [-0.3, -0.25) is 4.79 Å². The van der Waals surface area contributed by atoms with E-state index >= 15 is 0 Å². The number of likely N-dealkylation sites (tertiary alicyclic amines) is 1. The Balaban J connectivity index is 1.43. The van der Waals surface area contributed by atoms with Crippen LogP contribution in [0, 0.1) is 11.6 Å². The highest BCUT2D eigenvalue weighted by Crippen LogP contribution is 2.34. The molecule has 0 saturated carbocycles. The first-order chi connectivity index (χ1) is 14.6. The number of fused-ring (bicyclic) bond motifs is 1. The van der Waals surface area contributed by atoms with Gasteiger partial charge in [0.05, 0.1) is 17.7 Å². The van der Waals surface area contributed by atoms with E-state index in [1.54, 1.807) is 25.7 Å². The van der Waals surface area contributed by atoms with E-state index in [2.05, 4.69) is 15.5 Å². The SMILES string of the molecule is CC(C)(C)OC(=O)N1CCCC2(CC(C(=O)Nc3c[nH]c4cc(F)c(F)cc34)=NO2)C1. The van der Waals surface area contributed by atoms with E-state index in [0.29, 0.717) is 36.0 Å². The average Bonchev–Trinajstić information content (AvgIpc) is 3.26. The van der Waals surface area contributed by atoms with E-state index in [0.717, 1.165) is 12.1 Å². The first kappa shape index (κ1) is 21.1. The molecule has 1 unspecified atom stereocenters. The Morgan fingerprint density at radius 3 is 2.77 bits per heavy atom. The summed E-state index contributed by atoms with van der Waals surface area (Å²) in [5.74, 6) is -2.49. The van der Waals surface area contributed by atoms with Crippen molar-refractivity contribution in [2.24, 2.45) is 5.16 Å². The molecule has 1 atom stereocenters. The third-order valence-electron chi connectivity index (χ3n) is 5.26. The number of hydrogen-bond donors (Lipinski definition) is 2. The van der Waals surface area contributed by atoms with Gasteiger partial charge >= 0.3 is 6.09 Å². The normalized spacial score (nSPS) is 21.2. The Morgan fingerprint density at radius 1 is 1.29 bits per heavy atom. The van der Waals surface area contributed by atoms with Crippen LogP contribution in [0.2, 0.25) is 0 Å². The molecule has 4 rings (SSSR count). The molecule has 2 aliphatic heterocycles. The number of hydrogen-bond acceptors (Lipinski definition) is 5. The zero-order valence-corrected chi connectivity index (χ0v) is 17.6. The molecule has 2 aliphatic rings. The van der Waals surface area contributed by atoms with E-state index in [9.17, 15) is 18.4 Å². The summed E-state index contributed by atoms with van der Waals surface area (Å²) >= 11 is 0. The van der Waals surface area contributed by atoms with Crippen molar-refractivity contribution in [2.45, 2.75) is 51.2 Å². The van der Waals surface area contributed by atoms with E-state index in [-0.39, 0.29) is 18.7 Å². The molecule has 0 radical (unpaired) electrons. The van der Waals surface area contributed by atoms with Gasteiger partial charge in [-0.1, -0.05) is 5.16 Å². The molecular weight excluding hydrogens is 410 g/mol. The number of aromatic nitrogens is 1. The second-order valence-corrected chi connectivity index (χ2v) is 8.96. The number of oxime groups is 1. The molecule has 2 N–H and O–H groups in total. The molecule has 1 spiro atoms. The van der Waals surface area contributed by atoms with Crippen LogP contribution in [-0.2, 0) is 14.4 Å². The van der Waals surface area contributed by atoms with Gasteiger partial charge in [-0.15, -0.1) is 0 Å². The number of rotatable bonds is 2. The summed E-state index contributed by atoms with van der Waals surface area (Å²) in [4.78, 5) is 35.2. The molecule has 1 fully saturated rings. The second-order valence-electron chi connectivity index (χ2n) is 8.96. The van der Waals surface area contributed by atoms with E-state index in [4.69, 9.17) is 9.57 Å². The Hall–Kier alpha value is -3.17. The maximum atomic E-state index is 13.6. The number of H-pyrrole nitrogens is 1. The lowest BCUT2D eigenvalue weighted by molar-refractivity contribution is -0.110. The monoisotopic (exact) mass is 434 g/mol. The molecule has 1 aromatic carbocycles. The molecule has 0 aliphatic carbocycles. The van der Waals surface area contributed by atoms with Gasteiger partial charge in [-0.05, 0) is 39.7 Å². The molecule has 3 heterocycles. The molecule has 166 valence electrons. The third kappa shape index (κ3) is 4.33. The maximum Gasteiger partial charge on any atom is 0.410 e. The minimum Gasteiger partial charge on any atom is -0.444 e. The van der Waals surface area contributed by atoms with Crippen LogP contribution in [0.4, 0.5) is 19.3 Å². The van der Waals surface area contributed by atoms with E-state index in [1.165, 1.54) is 6.20 Å². The van der Waals surface area contributed by atoms with Gasteiger partial charge in [0.25, 0.3) is 5.91 Å². The Labute approximate surface area is 177 Å². The fraction of sp³-hybridized carbons (Fsp3) is 0.476. The van der Waals surface area contributed by atoms with Gasteiger partial charge < -0.3 is 24.8 Å². The predicted molar refractivity (Wildman–Crippen MR) is 110 cm³/mol. The summed E-state index contributed by atoms with van der Waals surface area (Å²) in [6.07, 6.45) is 2.59. The highest BCUT2D eigenvalue weighted by molar-refractivity contribution is 6.43. The summed E-state index contributed by atoms with van der Waals surface area (Å²) in [6, 6.07) is 2.05. The predicted octanol–water partition coefficient (Wildman–Crippen LogP) is 3.93. The third-order valence-corrected chi connectivity index (χ3v) is 5.26. The summed E-state index contributed by atoms with van der Waals surface area (Å²) < 4.78 is 32.4. The van der Waals surface area contributed by atoms with Crippen LogP contribution in [0.25, 0.3) is 10.9 Å². The van der Waals surface area contributed by atoms with Gasteiger partial charge in [-0.25, -0.2) is 13.6 Å². The summed E-state index contributed by atoms with van der Waals surface area (Å²) in [5, 5.41) is 6.96. The molecule has 0 bridgehead atoms. The zero-order chi connectivity index (χ0) is 22.4. The maximum absolute atomic E-state index is 13.6. The Bertz CT molecular complexity index is 1080. The van der Waals surface area contributed by atoms with E-state index < -0.39 is 34.8 Å². The summed E-state index contributed by atoms with van der Waals surface area (Å²) in [5.41, 5.74) is -0.557. The number of ether oxygens (including phenoxy) is 1. The molecule has 1 saturated heterocycles. The van der Waals surface area contributed by atoms with Crippen molar-refractivity contribution in [1.82, 2.24) is 9.88 Å². The standard InChI is InChI=1S/C21H24F2N4O4/c1-20(2,3)30-19(29)27-6-4-5-21(11-27)9-16(26-31-21)18(28)25-17-10-24-15-8-14(23)13(22)7-12(15)17/h7-8,10,24H,4-6,9,11H2,1-3H3,(H,25,28). The van der Waals surface area contributed by atoms with E-state index in [1.807, 2.05) is 0 Å². The number of aromatic amines is 1. The zero-order valence-electron chi connectivity index (χ0n) is 17.6. The van der Waals surface area contributed by atoms with Crippen molar-refractivity contribution in [3.63, 3.8) is 0 Å². The van der Waals surface area contributed by atoms with Gasteiger partial charge in [0.15, 0.2) is 17.2 Å². The van der Waals surface area contributed by atoms with Crippen LogP contribution in [-0.4, -0.2) is 51.9 Å². The minimum absolute atomic E-state index is 0.169. The highest BCUT2D eigenvalue weighted by atomic mass is 19.2. The van der Waals surface area contributed by atoms with Crippen LogP contribution in [0.15, 0.2) is 23.5 Å². The molecule has 31 heavy (non-hydrogen) atoms. The number of carbonyl (C=O) groups excluding carboxylic acids is 2. The largest absolute Gasteiger partial charge is 0.444 e. The van der Waals surface area contributed by atoms with Crippen LogP contribution < -0.4 is 5.32 Å². The first-order valence-corrected chi connectivity index (χ1v) is 10.1. The number of nitrogens with one attached hydrogen (secondary N) is 2. The summed E-state index contributed by atoms with van der Waals surface area (Å²) in [7, 11) is 0.